The van der Waals surface area contributed by atoms with Gasteiger partial charge in [0.25, 0.3) is 0 Å². The Bertz CT molecular complexity index is 535. The van der Waals surface area contributed by atoms with Crippen LogP contribution in [0.25, 0.3) is 10.9 Å². The third-order valence-corrected chi connectivity index (χ3v) is 3.41. The maximum absolute atomic E-state index is 5.27. The number of rotatable bonds is 3. The molecule has 1 fully saturated rings. The first-order chi connectivity index (χ1) is 8.36. The molecule has 0 amide bonds. The monoisotopic (exact) mass is 228 g/mol. The normalized spacial score (nSPS) is 15.6. The van der Waals surface area contributed by atoms with Crippen LogP contribution in [0.4, 0.5) is 5.69 Å². The Balaban J connectivity index is 2.02. The smallest absolute Gasteiger partial charge is 0.119 e. The predicted molar refractivity (Wildman–Crippen MR) is 69.6 cm³/mol. The molecule has 3 heteroatoms. The van der Waals surface area contributed by atoms with Gasteiger partial charge in [0.15, 0.2) is 0 Å². The fourth-order valence-electron chi connectivity index (χ4n) is 2.15. The summed E-state index contributed by atoms with van der Waals surface area (Å²) in [6.07, 6.45) is 5.74. The van der Waals surface area contributed by atoms with E-state index >= 15 is 0 Å². The summed E-state index contributed by atoms with van der Waals surface area (Å²) in [6, 6.07) is 8.67. The number of pyridine rings is 1. The molecule has 1 heterocycles. The summed E-state index contributed by atoms with van der Waals surface area (Å²) in [5.41, 5.74) is 2.17. The van der Waals surface area contributed by atoms with Crippen molar-refractivity contribution in [2.45, 2.75) is 25.3 Å². The lowest BCUT2D eigenvalue weighted by molar-refractivity contribution is 0.415. The highest BCUT2D eigenvalue weighted by Gasteiger charge is 2.17. The zero-order valence-corrected chi connectivity index (χ0v) is 9.94. The lowest BCUT2D eigenvalue weighted by Gasteiger charge is -2.28. The third kappa shape index (κ3) is 1.93. The standard InChI is InChI=1S/C14H16N2O/c1-17-11-5-6-13-12(9-11)14(7-8-15-13)16-10-3-2-4-10/h5-10H,2-4H2,1H3,(H,15,16). The van der Waals surface area contributed by atoms with Crippen LogP contribution < -0.4 is 10.1 Å². The predicted octanol–water partition coefficient (Wildman–Crippen LogP) is 3.21. The van der Waals surface area contributed by atoms with Crippen LogP contribution in [-0.2, 0) is 0 Å². The SMILES string of the molecule is COc1ccc2nccc(NC3CCC3)c2c1. The number of fused-ring (bicyclic) bond motifs is 1. The molecule has 1 aliphatic carbocycles. The molecule has 0 radical (unpaired) electrons. The number of anilines is 1. The fraction of sp³-hybridized carbons (Fsp3) is 0.357. The van der Waals surface area contributed by atoms with Gasteiger partial charge in [0.1, 0.15) is 5.75 Å². The van der Waals surface area contributed by atoms with E-state index in [4.69, 9.17) is 4.74 Å². The van der Waals surface area contributed by atoms with Crippen LogP contribution in [0.3, 0.4) is 0 Å². The Morgan fingerprint density at radius 1 is 1.29 bits per heavy atom. The van der Waals surface area contributed by atoms with Gasteiger partial charge in [-0.2, -0.15) is 0 Å². The first kappa shape index (κ1) is 10.4. The molecule has 1 aromatic heterocycles. The lowest BCUT2D eigenvalue weighted by Crippen LogP contribution is -2.27. The van der Waals surface area contributed by atoms with Gasteiger partial charge < -0.3 is 10.1 Å². The van der Waals surface area contributed by atoms with Crippen molar-refractivity contribution in [3.05, 3.63) is 30.5 Å². The van der Waals surface area contributed by atoms with Gasteiger partial charge in [-0.25, -0.2) is 0 Å². The van der Waals surface area contributed by atoms with Crippen LogP contribution in [0.15, 0.2) is 30.5 Å². The number of ether oxygens (including phenoxy) is 1. The maximum Gasteiger partial charge on any atom is 0.119 e. The van der Waals surface area contributed by atoms with E-state index in [1.54, 1.807) is 7.11 Å². The molecular weight excluding hydrogens is 212 g/mol. The highest BCUT2D eigenvalue weighted by molar-refractivity contribution is 5.92. The molecule has 1 N–H and O–H groups in total. The molecule has 3 nitrogen and oxygen atoms in total. The van der Waals surface area contributed by atoms with Crippen molar-refractivity contribution < 1.29 is 4.74 Å². The maximum atomic E-state index is 5.27. The number of hydrogen-bond donors (Lipinski definition) is 1. The minimum absolute atomic E-state index is 0.631. The van der Waals surface area contributed by atoms with E-state index in [1.165, 1.54) is 24.9 Å². The van der Waals surface area contributed by atoms with Gasteiger partial charge in [-0.05, 0) is 43.5 Å². The van der Waals surface area contributed by atoms with Crippen molar-refractivity contribution in [1.29, 1.82) is 0 Å². The summed E-state index contributed by atoms with van der Waals surface area (Å²) in [7, 11) is 1.69. The Morgan fingerprint density at radius 2 is 2.18 bits per heavy atom. The number of nitrogens with one attached hydrogen (secondary N) is 1. The topological polar surface area (TPSA) is 34.1 Å². The highest BCUT2D eigenvalue weighted by Crippen LogP contribution is 2.29. The Kier molecular flexibility index (Phi) is 2.59. The van der Waals surface area contributed by atoms with Gasteiger partial charge in [-0.15, -0.1) is 0 Å². The summed E-state index contributed by atoms with van der Waals surface area (Å²) >= 11 is 0. The van der Waals surface area contributed by atoms with Crippen LogP contribution >= 0.6 is 0 Å². The zero-order chi connectivity index (χ0) is 11.7. The Morgan fingerprint density at radius 3 is 2.88 bits per heavy atom. The molecule has 0 unspecified atom stereocenters. The molecule has 1 aliphatic rings. The van der Waals surface area contributed by atoms with E-state index in [0.29, 0.717) is 6.04 Å². The molecule has 0 atom stereocenters. The van der Waals surface area contributed by atoms with E-state index in [1.807, 2.05) is 30.5 Å². The van der Waals surface area contributed by atoms with Gasteiger partial charge in [0, 0.05) is 23.3 Å². The molecule has 1 aromatic carbocycles. The van der Waals surface area contributed by atoms with E-state index in [0.717, 1.165) is 16.7 Å². The second-order valence-corrected chi connectivity index (χ2v) is 4.51. The average Bonchev–Trinajstić information content (AvgIpc) is 2.33. The quantitative estimate of drug-likeness (QED) is 0.876. The van der Waals surface area contributed by atoms with Crippen LogP contribution in [0.1, 0.15) is 19.3 Å². The van der Waals surface area contributed by atoms with Gasteiger partial charge in [0.05, 0.1) is 12.6 Å². The third-order valence-electron chi connectivity index (χ3n) is 3.41. The number of nitrogens with zero attached hydrogens (tertiary/aromatic N) is 1. The minimum Gasteiger partial charge on any atom is -0.497 e. The van der Waals surface area contributed by atoms with Crippen molar-refractivity contribution in [1.82, 2.24) is 4.98 Å². The molecule has 1 saturated carbocycles. The Labute approximate surface area is 101 Å². The zero-order valence-electron chi connectivity index (χ0n) is 9.94. The molecule has 2 aromatic rings. The van der Waals surface area contributed by atoms with Crippen LogP contribution in [0, 0.1) is 0 Å². The summed E-state index contributed by atoms with van der Waals surface area (Å²) in [4.78, 5) is 4.37. The van der Waals surface area contributed by atoms with Gasteiger partial charge in [-0.1, -0.05) is 0 Å². The van der Waals surface area contributed by atoms with E-state index in [9.17, 15) is 0 Å². The van der Waals surface area contributed by atoms with Gasteiger partial charge in [-0.3, -0.25) is 4.98 Å². The molecule has 0 bridgehead atoms. The van der Waals surface area contributed by atoms with E-state index < -0.39 is 0 Å². The van der Waals surface area contributed by atoms with Crippen LogP contribution in [0.5, 0.6) is 5.75 Å². The molecule has 88 valence electrons. The second kappa shape index (κ2) is 4.24. The van der Waals surface area contributed by atoms with Crippen molar-refractivity contribution >= 4 is 16.6 Å². The number of benzene rings is 1. The van der Waals surface area contributed by atoms with Crippen LogP contribution in [0.2, 0.25) is 0 Å². The first-order valence-electron chi connectivity index (χ1n) is 6.06. The summed E-state index contributed by atoms with van der Waals surface area (Å²) in [6.45, 7) is 0. The Hall–Kier alpha value is -1.77. The van der Waals surface area contributed by atoms with E-state index in [2.05, 4.69) is 10.3 Å². The first-order valence-corrected chi connectivity index (χ1v) is 6.06. The average molecular weight is 228 g/mol. The van der Waals surface area contributed by atoms with Gasteiger partial charge in [0.2, 0.25) is 0 Å². The number of methoxy groups -OCH3 is 1. The minimum atomic E-state index is 0.631. The largest absolute Gasteiger partial charge is 0.497 e. The number of aromatic nitrogens is 1. The van der Waals surface area contributed by atoms with Gasteiger partial charge >= 0.3 is 0 Å². The van der Waals surface area contributed by atoms with Crippen LogP contribution in [-0.4, -0.2) is 18.1 Å². The van der Waals surface area contributed by atoms with Crippen molar-refractivity contribution in [2.75, 3.05) is 12.4 Å². The molecular formula is C14H16N2O. The fourth-order valence-corrected chi connectivity index (χ4v) is 2.15. The lowest BCUT2D eigenvalue weighted by atomic mass is 9.93. The summed E-state index contributed by atoms with van der Waals surface area (Å²) in [5, 5.41) is 4.71. The molecule has 17 heavy (non-hydrogen) atoms. The molecule has 0 aliphatic heterocycles. The molecule has 3 rings (SSSR count). The second-order valence-electron chi connectivity index (χ2n) is 4.51. The van der Waals surface area contributed by atoms with Crippen molar-refractivity contribution in [3.8, 4) is 5.75 Å². The molecule has 0 saturated heterocycles. The number of hydrogen-bond acceptors (Lipinski definition) is 3. The summed E-state index contributed by atoms with van der Waals surface area (Å²) < 4.78 is 5.27. The highest BCUT2D eigenvalue weighted by atomic mass is 16.5. The van der Waals surface area contributed by atoms with E-state index in [-0.39, 0.29) is 0 Å². The van der Waals surface area contributed by atoms with Crippen molar-refractivity contribution in [2.24, 2.45) is 0 Å². The van der Waals surface area contributed by atoms with Crippen molar-refractivity contribution in [3.63, 3.8) is 0 Å². The summed E-state index contributed by atoms with van der Waals surface area (Å²) in [5.74, 6) is 0.877. The molecule has 0 spiro atoms.